The van der Waals surface area contributed by atoms with Crippen molar-refractivity contribution < 1.29 is 4.79 Å². The summed E-state index contributed by atoms with van der Waals surface area (Å²) in [5.41, 5.74) is 2.12. The molecule has 3 aliphatic rings. The molecule has 0 radical (unpaired) electrons. The number of amides is 1. The molecular weight excluding hydrogens is 214 g/mol. The molecule has 0 aromatic heterocycles. The van der Waals surface area contributed by atoms with Gasteiger partial charge in [0.15, 0.2) is 0 Å². The number of carbonyl (C=O) groups is 1. The molecule has 0 spiro atoms. The molecule has 1 atom stereocenters. The number of nitrogens with zero attached hydrogens (tertiary/aromatic N) is 2. The minimum Gasteiger partial charge on any atom is -0.380 e. The number of dihydropyridines is 1. The highest BCUT2D eigenvalue weighted by atomic mass is 35.5. The predicted octanol–water partition coefficient (Wildman–Crippen LogP) is 1.78. The molecule has 2 heterocycles. The van der Waals surface area contributed by atoms with Gasteiger partial charge in [-0.2, -0.15) is 0 Å². The van der Waals surface area contributed by atoms with E-state index in [9.17, 15) is 4.79 Å². The zero-order chi connectivity index (χ0) is 10.4. The van der Waals surface area contributed by atoms with E-state index >= 15 is 0 Å². The topological polar surface area (TPSA) is 53.8 Å². The largest absolute Gasteiger partial charge is 0.380 e. The first kappa shape index (κ1) is 8.61. The van der Waals surface area contributed by atoms with Crippen LogP contribution in [0.25, 0.3) is 0 Å². The Bertz CT molecular complexity index is 511. The SMILES string of the molecule is O=C1N=NC2=C3C=CC(Cl)=CC3NC=C12. The molecule has 3 rings (SSSR count). The lowest BCUT2D eigenvalue weighted by Gasteiger charge is -2.23. The number of hydrogen-bond acceptors (Lipinski definition) is 3. The molecule has 0 bridgehead atoms. The second-order valence-electron chi connectivity index (χ2n) is 3.40. The first-order chi connectivity index (χ1) is 7.25. The van der Waals surface area contributed by atoms with Crippen molar-refractivity contribution in [2.24, 2.45) is 10.2 Å². The van der Waals surface area contributed by atoms with Gasteiger partial charge in [-0.15, -0.1) is 10.2 Å². The highest BCUT2D eigenvalue weighted by molar-refractivity contribution is 6.31. The highest BCUT2D eigenvalue weighted by Gasteiger charge is 2.30. The molecule has 4 nitrogen and oxygen atoms in total. The number of carbonyl (C=O) groups excluding carboxylic acids is 1. The van der Waals surface area contributed by atoms with Crippen LogP contribution in [0.3, 0.4) is 0 Å². The Balaban J connectivity index is 2.14. The van der Waals surface area contributed by atoms with Crippen LogP contribution in [-0.2, 0) is 4.79 Å². The standard InChI is InChI=1S/C10H6ClN3O/c11-5-1-2-6-8(3-5)12-4-7-9(6)13-14-10(7)15/h1-4,8,12H. The maximum atomic E-state index is 11.3. The monoisotopic (exact) mass is 219 g/mol. The summed E-state index contributed by atoms with van der Waals surface area (Å²) in [7, 11) is 0. The molecule has 0 saturated heterocycles. The molecule has 1 N–H and O–H groups in total. The number of hydrogen-bond donors (Lipinski definition) is 1. The van der Waals surface area contributed by atoms with Crippen LogP contribution in [-0.4, -0.2) is 11.9 Å². The van der Waals surface area contributed by atoms with Crippen LogP contribution < -0.4 is 5.32 Å². The summed E-state index contributed by atoms with van der Waals surface area (Å²) in [6.45, 7) is 0. The first-order valence-corrected chi connectivity index (χ1v) is 4.86. The van der Waals surface area contributed by atoms with Crippen LogP contribution in [0.5, 0.6) is 0 Å². The molecule has 0 saturated carbocycles. The Hall–Kier alpha value is -1.68. The molecule has 0 aromatic rings. The second-order valence-corrected chi connectivity index (χ2v) is 3.83. The Morgan fingerprint density at radius 2 is 2.20 bits per heavy atom. The zero-order valence-electron chi connectivity index (χ0n) is 7.57. The van der Waals surface area contributed by atoms with E-state index in [4.69, 9.17) is 11.6 Å². The van der Waals surface area contributed by atoms with E-state index in [1.807, 2.05) is 12.2 Å². The van der Waals surface area contributed by atoms with Gasteiger partial charge >= 0.3 is 0 Å². The van der Waals surface area contributed by atoms with Gasteiger partial charge in [0.2, 0.25) is 0 Å². The lowest BCUT2D eigenvalue weighted by molar-refractivity contribution is -0.114. The lowest BCUT2D eigenvalue weighted by atomic mass is 9.94. The average molecular weight is 220 g/mol. The third kappa shape index (κ3) is 1.18. The van der Waals surface area contributed by atoms with E-state index in [0.717, 1.165) is 5.57 Å². The summed E-state index contributed by atoms with van der Waals surface area (Å²) >= 11 is 5.88. The Labute approximate surface area is 90.7 Å². The highest BCUT2D eigenvalue weighted by Crippen LogP contribution is 2.32. The van der Waals surface area contributed by atoms with E-state index in [-0.39, 0.29) is 11.9 Å². The molecule has 74 valence electrons. The van der Waals surface area contributed by atoms with Gasteiger partial charge in [-0.1, -0.05) is 17.7 Å². The van der Waals surface area contributed by atoms with Crippen LogP contribution in [0, 0.1) is 0 Å². The summed E-state index contributed by atoms with van der Waals surface area (Å²) in [6.07, 6.45) is 7.16. The van der Waals surface area contributed by atoms with Crippen LogP contribution in [0.2, 0.25) is 0 Å². The van der Waals surface area contributed by atoms with Gasteiger partial charge in [-0.05, 0) is 12.2 Å². The number of halogens is 1. The molecule has 1 unspecified atom stereocenters. The van der Waals surface area contributed by atoms with E-state index in [2.05, 4.69) is 15.5 Å². The summed E-state index contributed by atoms with van der Waals surface area (Å²) in [4.78, 5) is 11.3. The molecule has 2 aliphatic heterocycles. The van der Waals surface area contributed by atoms with E-state index in [1.54, 1.807) is 12.3 Å². The van der Waals surface area contributed by atoms with Crippen LogP contribution in [0.15, 0.2) is 56.5 Å². The molecule has 1 amide bonds. The van der Waals surface area contributed by atoms with Gasteiger partial charge in [-0.25, -0.2) is 0 Å². The van der Waals surface area contributed by atoms with Crippen molar-refractivity contribution in [3.8, 4) is 0 Å². The molecule has 0 fully saturated rings. The molecule has 5 heteroatoms. The Kier molecular flexibility index (Phi) is 1.67. The van der Waals surface area contributed by atoms with E-state index < -0.39 is 0 Å². The van der Waals surface area contributed by atoms with Gasteiger partial charge in [0.25, 0.3) is 5.91 Å². The normalized spacial score (nSPS) is 27.0. The van der Waals surface area contributed by atoms with E-state index in [1.165, 1.54) is 0 Å². The van der Waals surface area contributed by atoms with Crippen molar-refractivity contribution in [3.05, 3.63) is 46.3 Å². The van der Waals surface area contributed by atoms with E-state index in [0.29, 0.717) is 16.3 Å². The van der Waals surface area contributed by atoms with Crippen molar-refractivity contribution in [2.75, 3.05) is 0 Å². The van der Waals surface area contributed by atoms with Gasteiger partial charge in [0.1, 0.15) is 5.70 Å². The fourth-order valence-corrected chi connectivity index (χ4v) is 1.95. The minimum absolute atomic E-state index is 0.00824. The minimum atomic E-state index is -0.294. The number of rotatable bonds is 0. The van der Waals surface area contributed by atoms with Crippen molar-refractivity contribution in [3.63, 3.8) is 0 Å². The zero-order valence-corrected chi connectivity index (χ0v) is 8.32. The fourth-order valence-electron chi connectivity index (χ4n) is 1.76. The second kappa shape index (κ2) is 2.90. The van der Waals surface area contributed by atoms with Crippen LogP contribution in [0.1, 0.15) is 0 Å². The van der Waals surface area contributed by atoms with Gasteiger partial charge < -0.3 is 5.32 Å². The molecular formula is C10H6ClN3O. The third-order valence-electron chi connectivity index (χ3n) is 2.49. The van der Waals surface area contributed by atoms with Crippen molar-refractivity contribution >= 4 is 17.5 Å². The van der Waals surface area contributed by atoms with Gasteiger partial charge in [0, 0.05) is 16.8 Å². The van der Waals surface area contributed by atoms with Crippen LogP contribution >= 0.6 is 11.6 Å². The smallest absolute Gasteiger partial charge is 0.299 e. The quantitative estimate of drug-likeness (QED) is 0.675. The Morgan fingerprint density at radius 3 is 3.07 bits per heavy atom. The lowest BCUT2D eigenvalue weighted by Crippen LogP contribution is -2.30. The number of nitrogens with one attached hydrogen (secondary N) is 1. The molecule has 1 aliphatic carbocycles. The summed E-state index contributed by atoms with van der Waals surface area (Å²) in [6, 6.07) is -0.00824. The van der Waals surface area contributed by atoms with Crippen molar-refractivity contribution in [1.82, 2.24) is 5.32 Å². The third-order valence-corrected chi connectivity index (χ3v) is 2.74. The number of fused-ring (bicyclic) bond motifs is 2. The maximum absolute atomic E-state index is 11.3. The average Bonchev–Trinajstić information content (AvgIpc) is 2.60. The first-order valence-electron chi connectivity index (χ1n) is 4.48. The molecule has 0 aromatic carbocycles. The Morgan fingerprint density at radius 1 is 1.33 bits per heavy atom. The van der Waals surface area contributed by atoms with Crippen LogP contribution in [0.4, 0.5) is 0 Å². The predicted molar refractivity (Wildman–Crippen MR) is 55.0 cm³/mol. The van der Waals surface area contributed by atoms with Gasteiger partial charge in [0.05, 0.1) is 11.6 Å². The summed E-state index contributed by atoms with van der Waals surface area (Å²) in [5.74, 6) is -0.294. The fraction of sp³-hybridized carbons (Fsp3) is 0.100. The molecule has 15 heavy (non-hydrogen) atoms. The van der Waals surface area contributed by atoms with Crippen molar-refractivity contribution in [2.45, 2.75) is 6.04 Å². The maximum Gasteiger partial charge on any atom is 0.299 e. The number of allylic oxidation sites excluding steroid dienone is 2. The summed E-state index contributed by atoms with van der Waals surface area (Å²) < 4.78 is 0. The number of azo groups is 1. The van der Waals surface area contributed by atoms with Crippen molar-refractivity contribution in [1.29, 1.82) is 0 Å². The van der Waals surface area contributed by atoms with Gasteiger partial charge in [-0.3, -0.25) is 4.79 Å². The summed E-state index contributed by atoms with van der Waals surface area (Å²) in [5, 5.41) is 11.2.